The number of carbonyl (C=O) groups is 1. The van der Waals surface area contributed by atoms with Gasteiger partial charge >= 0.3 is 0 Å². The molecule has 1 aromatic rings. The molecule has 3 heteroatoms. The standard InChI is InChI=1S/C16H25NO2/c1-12-6-7-15(19-5)13(10-12)11-14(18)8-9-17-16(2,3)4/h6-7,10,17H,8-9,11H2,1-5H3. The van der Waals surface area contributed by atoms with E-state index in [9.17, 15) is 4.79 Å². The van der Waals surface area contributed by atoms with Crippen LogP contribution in [0.1, 0.15) is 38.3 Å². The second-order valence-electron chi connectivity index (χ2n) is 5.96. The zero-order valence-corrected chi connectivity index (χ0v) is 12.7. The van der Waals surface area contributed by atoms with Crippen molar-refractivity contribution in [2.75, 3.05) is 13.7 Å². The van der Waals surface area contributed by atoms with E-state index in [-0.39, 0.29) is 11.3 Å². The largest absolute Gasteiger partial charge is 0.496 e. The van der Waals surface area contributed by atoms with Gasteiger partial charge in [0.1, 0.15) is 11.5 Å². The average Bonchev–Trinajstić information content (AvgIpc) is 2.27. The molecule has 0 amide bonds. The number of hydrogen-bond donors (Lipinski definition) is 1. The van der Waals surface area contributed by atoms with Crippen LogP contribution in [0.25, 0.3) is 0 Å². The van der Waals surface area contributed by atoms with Crippen molar-refractivity contribution in [2.24, 2.45) is 0 Å². The average molecular weight is 263 g/mol. The highest BCUT2D eigenvalue weighted by Gasteiger charge is 2.12. The summed E-state index contributed by atoms with van der Waals surface area (Å²) in [5.74, 6) is 1.03. The maximum absolute atomic E-state index is 12.0. The van der Waals surface area contributed by atoms with E-state index in [0.29, 0.717) is 12.8 Å². The number of ketones is 1. The second-order valence-corrected chi connectivity index (χ2v) is 5.96. The van der Waals surface area contributed by atoms with E-state index in [2.05, 4.69) is 26.1 Å². The Morgan fingerprint density at radius 3 is 2.58 bits per heavy atom. The van der Waals surface area contributed by atoms with Crippen molar-refractivity contribution in [3.63, 3.8) is 0 Å². The first kappa shape index (κ1) is 15.7. The number of nitrogens with one attached hydrogen (secondary N) is 1. The molecule has 1 N–H and O–H groups in total. The molecule has 0 unspecified atom stereocenters. The smallest absolute Gasteiger partial charge is 0.138 e. The Kier molecular flexibility index (Phi) is 5.55. The number of benzene rings is 1. The highest BCUT2D eigenvalue weighted by atomic mass is 16.5. The van der Waals surface area contributed by atoms with Crippen molar-refractivity contribution in [1.82, 2.24) is 5.32 Å². The molecule has 0 aliphatic heterocycles. The Bertz CT molecular complexity index is 433. The van der Waals surface area contributed by atoms with E-state index in [1.165, 1.54) is 0 Å². The monoisotopic (exact) mass is 263 g/mol. The van der Waals surface area contributed by atoms with Gasteiger partial charge in [-0.05, 0) is 33.8 Å². The van der Waals surface area contributed by atoms with E-state index >= 15 is 0 Å². The third-order valence-corrected chi connectivity index (χ3v) is 2.88. The van der Waals surface area contributed by atoms with Crippen molar-refractivity contribution in [3.05, 3.63) is 29.3 Å². The predicted molar refractivity (Wildman–Crippen MR) is 78.8 cm³/mol. The van der Waals surface area contributed by atoms with Crippen molar-refractivity contribution >= 4 is 5.78 Å². The lowest BCUT2D eigenvalue weighted by Crippen LogP contribution is -2.37. The van der Waals surface area contributed by atoms with Gasteiger partial charge in [0.2, 0.25) is 0 Å². The van der Waals surface area contributed by atoms with Gasteiger partial charge in [-0.25, -0.2) is 0 Å². The van der Waals surface area contributed by atoms with Gasteiger partial charge in [0.15, 0.2) is 0 Å². The van der Waals surface area contributed by atoms with Gasteiger partial charge in [0, 0.05) is 30.5 Å². The molecule has 1 rings (SSSR count). The first-order valence-electron chi connectivity index (χ1n) is 6.72. The van der Waals surface area contributed by atoms with Gasteiger partial charge in [0.05, 0.1) is 7.11 Å². The first-order valence-corrected chi connectivity index (χ1v) is 6.72. The Balaban J connectivity index is 2.55. The van der Waals surface area contributed by atoms with Crippen LogP contribution in [0.4, 0.5) is 0 Å². The fourth-order valence-electron chi connectivity index (χ4n) is 1.92. The molecule has 0 aliphatic rings. The number of rotatable bonds is 6. The molecule has 0 aliphatic carbocycles. The van der Waals surface area contributed by atoms with Crippen LogP contribution in [-0.4, -0.2) is 25.0 Å². The molecule has 0 heterocycles. The Labute approximate surface area is 116 Å². The summed E-state index contributed by atoms with van der Waals surface area (Å²) in [6.45, 7) is 9.04. The number of aryl methyl sites for hydroxylation is 1. The molecule has 19 heavy (non-hydrogen) atoms. The third kappa shape index (κ3) is 5.88. The van der Waals surface area contributed by atoms with E-state index < -0.39 is 0 Å². The van der Waals surface area contributed by atoms with Crippen LogP contribution in [0, 0.1) is 6.92 Å². The molecular formula is C16H25NO2. The molecular weight excluding hydrogens is 238 g/mol. The molecule has 0 radical (unpaired) electrons. The van der Waals surface area contributed by atoms with E-state index in [4.69, 9.17) is 4.74 Å². The lowest BCUT2D eigenvalue weighted by Gasteiger charge is -2.20. The molecule has 0 saturated heterocycles. The maximum atomic E-state index is 12.0. The lowest BCUT2D eigenvalue weighted by molar-refractivity contribution is -0.118. The fourth-order valence-corrected chi connectivity index (χ4v) is 1.92. The van der Waals surface area contributed by atoms with Crippen LogP contribution in [0.3, 0.4) is 0 Å². The topological polar surface area (TPSA) is 38.3 Å². The molecule has 0 aromatic heterocycles. The Morgan fingerprint density at radius 2 is 2.00 bits per heavy atom. The Hall–Kier alpha value is -1.35. The minimum atomic E-state index is 0.0569. The first-order chi connectivity index (χ1) is 8.81. The summed E-state index contributed by atoms with van der Waals surface area (Å²) in [5.41, 5.74) is 2.18. The van der Waals surface area contributed by atoms with Crippen LogP contribution >= 0.6 is 0 Å². The van der Waals surface area contributed by atoms with Crippen molar-refractivity contribution in [1.29, 1.82) is 0 Å². The van der Waals surface area contributed by atoms with Crippen LogP contribution in [0.2, 0.25) is 0 Å². The highest BCUT2D eigenvalue weighted by Crippen LogP contribution is 2.20. The zero-order valence-electron chi connectivity index (χ0n) is 12.7. The van der Waals surface area contributed by atoms with Gasteiger partial charge in [-0.15, -0.1) is 0 Å². The van der Waals surface area contributed by atoms with Gasteiger partial charge in [0.25, 0.3) is 0 Å². The summed E-state index contributed by atoms with van der Waals surface area (Å²) < 4.78 is 5.29. The van der Waals surface area contributed by atoms with Crippen LogP contribution in [-0.2, 0) is 11.2 Å². The fraction of sp³-hybridized carbons (Fsp3) is 0.562. The van der Waals surface area contributed by atoms with Gasteiger partial charge in [-0.2, -0.15) is 0 Å². The maximum Gasteiger partial charge on any atom is 0.138 e. The summed E-state index contributed by atoms with van der Waals surface area (Å²) in [5, 5.41) is 3.33. The minimum absolute atomic E-state index is 0.0569. The summed E-state index contributed by atoms with van der Waals surface area (Å²) in [4.78, 5) is 12.0. The molecule has 3 nitrogen and oxygen atoms in total. The van der Waals surface area contributed by atoms with Crippen LogP contribution in [0.5, 0.6) is 5.75 Å². The van der Waals surface area contributed by atoms with E-state index in [1.54, 1.807) is 7.11 Å². The van der Waals surface area contributed by atoms with Crippen LogP contribution < -0.4 is 10.1 Å². The minimum Gasteiger partial charge on any atom is -0.496 e. The normalized spacial score (nSPS) is 11.4. The van der Waals surface area contributed by atoms with E-state index in [1.807, 2.05) is 25.1 Å². The van der Waals surface area contributed by atoms with Crippen LogP contribution in [0.15, 0.2) is 18.2 Å². The second kappa shape index (κ2) is 6.71. The SMILES string of the molecule is COc1ccc(C)cc1CC(=O)CCNC(C)(C)C. The molecule has 0 bridgehead atoms. The van der Waals surface area contributed by atoms with Gasteiger partial charge < -0.3 is 10.1 Å². The highest BCUT2D eigenvalue weighted by molar-refractivity contribution is 5.81. The predicted octanol–water partition coefficient (Wildman–Crippen LogP) is 2.89. The number of hydrogen-bond acceptors (Lipinski definition) is 3. The van der Waals surface area contributed by atoms with E-state index in [0.717, 1.165) is 23.4 Å². The van der Waals surface area contributed by atoms with Gasteiger partial charge in [-0.3, -0.25) is 4.79 Å². The lowest BCUT2D eigenvalue weighted by atomic mass is 10.0. The summed E-state index contributed by atoms with van der Waals surface area (Å²) in [6.07, 6.45) is 0.991. The summed E-state index contributed by atoms with van der Waals surface area (Å²) in [7, 11) is 1.64. The van der Waals surface area contributed by atoms with Gasteiger partial charge in [-0.1, -0.05) is 17.7 Å². The molecule has 1 aromatic carbocycles. The molecule has 0 atom stereocenters. The summed E-state index contributed by atoms with van der Waals surface area (Å²) in [6, 6.07) is 5.94. The number of ether oxygens (including phenoxy) is 1. The number of methoxy groups -OCH3 is 1. The third-order valence-electron chi connectivity index (χ3n) is 2.88. The van der Waals surface area contributed by atoms with Crippen molar-refractivity contribution in [3.8, 4) is 5.75 Å². The quantitative estimate of drug-likeness (QED) is 0.857. The molecule has 0 saturated carbocycles. The molecule has 0 fully saturated rings. The molecule has 0 spiro atoms. The van der Waals surface area contributed by atoms with Crippen molar-refractivity contribution < 1.29 is 9.53 Å². The summed E-state index contributed by atoms with van der Waals surface area (Å²) >= 11 is 0. The van der Waals surface area contributed by atoms with Crippen molar-refractivity contribution in [2.45, 2.75) is 46.1 Å². The zero-order chi connectivity index (χ0) is 14.5. The number of carbonyl (C=O) groups excluding carboxylic acids is 1. The Morgan fingerprint density at radius 1 is 1.32 bits per heavy atom. The number of Topliss-reactive ketones (excluding diaryl/α,β-unsaturated/α-hetero) is 1. The molecule has 106 valence electrons.